The summed E-state index contributed by atoms with van der Waals surface area (Å²) >= 11 is 0. The first kappa shape index (κ1) is 12.7. The van der Waals surface area contributed by atoms with Crippen molar-refractivity contribution in [3.05, 3.63) is 35.9 Å². The number of hydrogen-bond donors (Lipinski definition) is 0. The van der Waals surface area contributed by atoms with Gasteiger partial charge >= 0.3 is 23.1 Å². The van der Waals surface area contributed by atoms with Gasteiger partial charge in [-0.15, -0.1) is 6.42 Å². The molecule has 0 bridgehead atoms. The minimum absolute atomic E-state index is 0. The fraction of sp³-hybridized carbons (Fsp3) is 0. The second-order valence-electron chi connectivity index (χ2n) is 1.51. The summed E-state index contributed by atoms with van der Waals surface area (Å²) in [4.78, 5) is 0. The van der Waals surface area contributed by atoms with Gasteiger partial charge in [-0.05, 0) is 12.1 Å². The van der Waals surface area contributed by atoms with Crippen molar-refractivity contribution >= 4 is 23.1 Å². The maximum atomic E-state index is 5.10. The second-order valence-corrected chi connectivity index (χ2v) is 1.51. The molecule has 46 valence electrons. The molecule has 1 rings (SSSR count). The van der Waals surface area contributed by atoms with Crippen LogP contribution in [0.15, 0.2) is 30.3 Å². The Morgan fingerprint density at radius 1 is 1.10 bits per heavy atom. The standard InChI is InChI=1S/C8H6.BrH.Mg/c1-2-8-6-4-3-5-7-8;;/h1,3-7H;1H;/q;;+2/p-1. The minimum atomic E-state index is 0. The first-order valence-corrected chi connectivity index (χ1v) is 2.45. The second kappa shape index (κ2) is 7.14. The topological polar surface area (TPSA) is 0 Å². The number of hydrogen-bond acceptors (Lipinski definition) is 0. The third-order valence-corrected chi connectivity index (χ3v) is 0.940. The molecule has 10 heavy (non-hydrogen) atoms. The van der Waals surface area contributed by atoms with Gasteiger partial charge in [-0.3, -0.25) is 0 Å². The molecule has 0 aliphatic carbocycles. The number of benzene rings is 1. The SMILES string of the molecule is C#Cc1ccccc1.[Br-].[Mg+2]. The van der Waals surface area contributed by atoms with Crippen molar-refractivity contribution in [3.8, 4) is 12.3 Å². The molecule has 0 amide bonds. The largest absolute Gasteiger partial charge is 2.00 e. The van der Waals surface area contributed by atoms with E-state index in [4.69, 9.17) is 6.42 Å². The zero-order chi connectivity index (χ0) is 5.82. The van der Waals surface area contributed by atoms with Gasteiger partial charge in [-0.1, -0.05) is 24.1 Å². The summed E-state index contributed by atoms with van der Waals surface area (Å²) in [6, 6.07) is 9.60. The van der Waals surface area contributed by atoms with E-state index in [0.717, 1.165) is 5.56 Å². The molecule has 0 saturated carbocycles. The summed E-state index contributed by atoms with van der Waals surface area (Å²) in [5.41, 5.74) is 0.938. The Labute approximate surface area is 87.9 Å². The van der Waals surface area contributed by atoms with E-state index in [2.05, 4.69) is 5.92 Å². The van der Waals surface area contributed by atoms with Crippen LogP contribution in [0, 0.1) is 12.3 Å². The van der Waals surface area contributed by atoms with E-state index >= 15 is 0 Å². The zero-order valence-corrected chi connectivity index (χ0v) is 8.55. The van der Waals surface area contributed by atoms with Crippen molar-refractivity contribution in [2.45, 2.75) is 0 Å². The molecule has 2 heteroatoms. The summed E-state index contributed by atoms with van der Waals surface area (Å²) in [5.74, 6) is 2.53. The normalized spacial score (nSPS) is 6.30. The molecule has 0 saturated heterocycles. The molecule has 0 aliphatic heterocycles. The van der Waals surface area contributed by atoms with Crippen molar-refractivity contribution in [2.24, 2.45) is 0 Å². The Morgan fingerprint density at radius 3 is 1.90 bits per heavy atom. The summed E-state index contributed by atoms with van der Waals surface area (Å²) in [5, 5.41) is 0. The molecular formula is C8H6BrMg+. The van der Waals surface area contributed by atoms with Crippen LogP contribution in [0.1, 0.15) is 5.56 Å². The first-order chi connectivity index (χ1) is 3.93. The fourth-order valence-electron chi connectivity index (χ4n) is 0.534. The molecule has 0 fully saturated rings. The van der Waals surface area contributed by atoms with Crippen LogP contribution in [0.25, 0.3) is 0 Å². The monoisotopic (exact) mass is 205 g/mol. The van der Waals surface area contributed by atoms with Crippen molar-refractivity contribution in [1.29, 1.82) is 0 Å². The van der Waals surface area contributed by atoms with E-state index in [1.165, 1.54) is 0 Å². The molecule has 1 aromatic rings. The quantitative estimate of drug-likeness (QED) is 0.350. The minimum Gasteiger partial charge on any atom is -1.00 e. The molecule has 0 aromatic heterocycles. The van der Waals surface area contributed by atoms with Crippen LogP contribution in [0.5, 0.6) is 0 Å². The van der Waals surface area contributed by atoms with E-state index in [1.807, 2.05) is 30.3 Å². The predicted molar refractivity (Wildman–Crippen MR) is 40.1 cm³/mol. The average Bonchev–Trinajstić information content (AvgIpc) is 1.90. The van der Waals surface area contributed by atoms with Crippen LogP contribution >= 0.6 is 0 Å². The van der Waals surface area contributed by atoms with Crippen molar-refractivity contribution < 1.29 is 17.0 Å². The summed E-state index contributed by atoms with van der Waals surface area (Å²) in [6.45, 7) is 0. The van der Waals surface area contributed by atoms with Gasteiger partial charge < -0.3 is 17.0 Å². The number of rotatable bonds is 0. The summed E-state index contributed by atoms with van der Waals surface area (Å²) < 4.78 is 0. The van der Waals surface area contributed by atoms with Gasteiger partial charge in [0.25, 0.3) is 0 Å². The van der Waals surface area contributed by atoms with Gasteiger partial charge in [0.2, 0.25) is 0 Å². The Kier molecular flexibility index (Phi) is 9.05. The van der Waals surface area contributed by atoms with E-state index in [0.29, 0.717) is 0 Å². The molecule has 0 N–H and O–H groups in total. The maximum Gasteiger partial charge on any atom is 2.00 e. The van der Waals surface area contributed by atoms with E-state index in [9.17, 15) is 0 Å². The molecule has 0 heterocycles. The van der Waals surface area contributed by atoms with Crippen LogP contribution in [-0.4, -0.2) is 23.1 Å². The fourth-order valence-corrected chi connectivity index (χ4v) is 0.534. The van der Waals surface area contributed by atoms with Gasteiger partial charge in [0, 0.05) is 5.56 Å². The van der Waals surface area contributed by atoms with Gasteiger partial charge in [-0.2, -0.15) is 0 Å². The zero-order valence-electron chi connectivity index (χ0n) is 5.55. The van der Waals surface area contributed by atoms with Crippen LogP contribution in [-0.2, 0) is 0 Å². The average molecular weight is 206 g/mol. The van der Waals surface area contributed by atoms with Gasteiger partial charge in [0.15, 0.2) is 0 Å². The molecule has 0 aliphatic rings. The third kappa shape index (κ3) is 3.94. The Balaban J connectivity index is 0. The third-order valence-electron chi connectivity index (χ3n) is 0.940. The van der Waals surface area contributed by atoms with Gasteiger partial charge in [0.05, 0.1) is 0 Å². The molecule has 0 atom stereocenters. The Morgan fingerprint density at radius 2 is 1.60 bits per heavy atom. The van der Waals surface area contributed by atoms with Crippen molar-refractivity contribution in [3.63, 3.8) is 0 Å². The summed E-state index contributed by atoms with van der Waals surface area (Å²) in [7, 11) is 0. The van der Waals surface area contributed by atoms with Crippen molar-refractivity contribution in [1.82, 2.24) is 0 Å². The summed E-state index contributed by atoms with van der Waals surface area (Å²) in [6.07, 6.45) is 5.10. The molecular weight excluding hydrogens is 200 g/mol. The maximum absolute atomic E-state index is 5.10. The predicted octanol–water partition coefficient (Wildman–Crippen LogP) is -1.71. The molecule has 0 radical (unpaired) electrons. The van der Waals surface area contributed by atoms with E-state index in [-0.39, 0.29) is 40.0 Å². The van der Waals surface area contributed by atoms with Crippen LogP contribution in [0.2, 0.25) is 0 Å². The van der Waals surface area contributed by atoms with E-state index < -0.39 is 0 Å². The molecule has 0 unspecified atom stereocenters. The Hall–Kier alpha value is 0.0262. The molecule has 0 spiro atoms. The first-order valence-electron chi connectivity index (χ1n) is 2.45. The molecule has 1 aromatic carbocycles. The number of terminal acetylenes is 1. The number of halogens is 1. The van der Waals surface area contributed by atoms with Gasteiger partial charge in [-0.25, -0.2) is 0 Å². The smallest absolute Gasteiger partial charge is 1.00 e. The van der Waals surface area contributed by atoms with Crippen LogP contribution in [0.4, 0.5) is 0 Å². The van der Waals surface area contributed by atoms with Gasteiger partial charge in [0.1, 0.15) is 0 Å². The Bertz CT molecular complexity index is 200. The van der Waals surface area contributed by atoms with Crippen LogP contribution in [0.3, 0.4) is 0 Å². The van der Waals surface area contributed by atoms with E-state index in [1.54, 1.807) is 0 Å². The van der Waals surface area contributed by atoms with Crippen LogP contribution < -0.4 is 17.0 Å². The molecule has 0 nitrogen and oxygen atoms in total. The van der Waals surface area contributed by atoms with Crippen molar-refractivity contribution in [2.75, 3.05) is 0 Å².